The number of aromatic nitrogens is 2. The van der Waals surface area contributed by atoms with Crippen molar-refractivity contribution >= 4 is 56.3 Å². The maximum atomic E-state index is 12.3. The van der Waals surface area contributed by atoms with E-state index < -0.39 is 7.92 Å². The summed E-state index contributed by atoms with van der Waals surface area (Å²) in [6, 6.07) is 37.1. The number of thiazole rings is 1. The van der Waals surface area contributed by atoms with Gasteiger partial charge < -0.3 is 4.98 Å². The van der Waals surface area contributed by atoms with Crippen LogP contribution in [0.25, 0.3) is 31.7 Å². The molecule has 0 saturated heterocycles. The van der Waals surface area contributed by atoms with Gasteiger partial charge in [-0.25, -0.2) is 4.98 Å². The third-order valence-corrected chi connectivity index (χ3v) is 9.27. The molecule has 0 fully saturated rings. The summed E-state index contributed by atoms with van der Waals surface area (Å²) in [5, 5.41) is 5.66. The third kappa shape index (κ3) is 3.68. The Morgan fingerprint density at radius 2 is 1.45 bits per heavy atom. The van der Waals surface area contributed by atoms with Crippen LogP contribution in [0.5, 0.6) is 0 Å². The van der Waals surface area contributed by atoms with Gasteiger partial charge in [-0.2, -0.15) is 0 Å². The van der Waals surface area contributed by atoms with Gasteiger partial charge in [0.05, 0.1) is 15.7 Å². The lowest BCUT2D eigenvalue weighted by Crippen LogP contribution is -2.24. The molecule has 1 unspecified atom stereocenters. The molecule has 33 heavy (non-hydrogen) atoms. The number of benzene rings is 4. The summed E-state index contributed by atoms with van der Waals surface area (Å²) < 4.78 is 1.18. The molecule has 0 aliphatic heterocycles. The quantitative estimate of drug-likeness (QED) is 0.349. The minimum absolute atomic E-state index is 0.0857. The molecular weight excluding hydrogens is 443 g/mol. The second-order valence-electron chi connectivity index (χ2n) is 7.74. The Balaban J connectivity index is 1.64. The Morgan fingerprint density at radius 3 is 2.33 bits per heavy atom. The fourth-order valence-electron chi connectivity index (χ4n) is 4.17. The highest BCUT2D eigenvalue weighted by Crippen LogP contribution is 2.40. The van der Waals surface area contributed by atoms with Gasteiger partial charge in [0.2, 0.25) is 5.56 Å². The van der Waals surface area contributed by atoms with Gasteiger partial charge >= 0.3 is 0 Å². The Labute approximate surface area is 196 Å². The Bertz CT molecular complexity index is 1620. The maximum Gasteiger partial charge on any atom is 0.248 e. The topological polar surface area (TPSA) is 45.8 Å². The zero-order valence-corrected chi connectivity index (χ0v) is 19.3. The van der Waals surface area contributed by atoms with E-state index in [1.807, 2.05) is 24.3 Å². The summed E-state index contributed by atoms with van der Waals surface area (Å²) in [7, 11) is -0.935. The summed E-state index contributed by atoms with van der Waals surface area (Å²) in [5.74, 6) is 0. The van der Waals surface area contributed by atoms with Gasteiger partial charge in [0.15, 0.2) is 0 Å². The minimum Gasteiger partial charge on any atom is -0.321 e. The molecule has 4 aromatic carbocycles. The van der Waals surface area contributed by atoms with Gasteiger partial charge in [-0.15, -0.1) is 11.3 Å². The normalized spacial score (nSPS) is 12.2. The van der Waals surface area contributed by atoms with Crippen LogP contribution in [-0.2, 0) is 0 Å². The number of hydrogen-bond acceptors (Lipinski definition) is 3. The average molecular weight is 463 g/mol. The number of rotatable bonds is 4. The van der Waals surface area contributed by atoms with Gasteiger partial charge in [0.1, 0.15) is 5.01 Å². The Kier molecular flexibility index (Phi) is 5.10. The molecule has 2 heterocycles. The van der Waals surface area contributed by atoms with E-state index in [2.05, 4.69) is 83.8 Å². The van der Waals surface area contributed by atoms with Crippen LogP contribution in [0.15, 0.2) is 114 Å². The van der Waals surface area contributed by atoms with Crippen LogP contribution in [-0.4, -0.2) is 9.97 Å². The van der Waals surface area contributed by atoms with Crippen molar-refractivity contribution in [1.82, 2.24) is 9.97 Å². The third-order valence-electron chi connectivity index (χ3n) is 5.66. The Hall–Kier alpha value is -3.59. The molecule has 0 radical (unpaired) electrons. The molecule has 3 nitrogen and oxygen atoms in total. The van der Waals surface area contributed by atoms with E-state index in [1.165, 1.54) is 15.3 Å². The van der Waals surface area contributed by atoms with Crippen LogP contribution in [0.1, 0.15) is 0 Å². The largest absolute Gasteiger partial charge is 0.321 e. The van der Waals surface area contributed by atoms with E-state index in [0.717, 1.165) is 32.3 Å². The van der Waals surface area contributed by atoms with Gasteiger partial charge in [-0.1, -0.05) is 84.9 Å². The Morgan fingerprint density at radius 1 is 0.697 bits per heavy atom. The van der Waals surface area contributed by atoms with Crippen LogP contribution in [0.2, 0.25) is 0 Å². The van der Waals surface area contributed by atoms with Crippen LogP contribution >= 0.6 is 19.3 Å². The first kappa shape index (κ1) is 20.0. The zero-order valence-electron chi connectivity index (χ0n) is 17.6. The van der Waals surface area contributed by atoms with E-state index in [4.69, 9.17) is 4.98 Å². The molecule has 6 aromatic rings. The van der Waals surface area contributed by atoms with E-state index in [0.29, 0.717) is 0 Å². The number of fused-ring (bicyclic) bond motifs is 2. The lowest BCUT2D eigenvalue weighted by molar-refractivity contribution is 1.31. The van der Waals surface area contributed by atoms with Gasteiger partial charge in [0.25, 0.3) is 0 Å². The van der Waals surface area contributed by atoms with E-state index in [-0.39, 0.29) is 5.56 Å². The van der Waals surface area contributed by atoms with E-state index >= 15 is 0 Å². The molecule has 0 bridgehead atoms. The standard InChI is InChI=1S/C28H19N2OPS/c31-26-18-17-19-9-8-15-24(27(19)30-26)32(20-10-2-1-3-11-20)23-14-6-4-12-21(23)28-29-22-13-5-7-16-25(22)33-28/h1-18H,(H,30,31). The van der Waals surface area contributed by atoms with Crippen LogP contribution in [0.4, 0.5) is 0 Å². The van der Waals surface area contributed by atoms with E-state index in [9.17, 15) is 4.79 Å². The first-order valence-corrected chi connectivity index (χ1v) is 12.9. The van der Waals surface area contributed by atoms with Crippen molar-refractivity contribution in [3.63, 3.8) is 0 Å². The van der Waals surface area contributed by atoms with Crippen molar-refractivity contribution in [2.24, 2.45) is 0 Å². The number of pyridine rings is 1. The number of aromatic amines is 1. The smallest absolute Gasteiger partial charge is 0.248 e. The highest BCUT2D eigenvalue weighted by molar-refractivity contribution is 7.80. The van der Waals surface area contributed by atoms with Crippen molar-refractivity contribution in [3.8, 4) is 10.6 Å². The summed E-state index contributed by atoms with van der Waals surface area (Å²) in [4.78, 5) is 20.3. The van der Waals surface area contributed by atoms with Crippen LogP contribution in [0.3, 0.4) is 0 Å². The lowest BCUT2D eigenvalue weighted by Gasteiger charge is -2.23. The fraction of sp³-hybridized carbons (Fsp3) is 0. The number of nitrogens with zero attached hydrogens (tertiary/aromatic N) is 1. The number of H-pyrrole nitrogens is 1. The van der Waals surface area contributed by atoms with E-state index in [1.54, 1.807) is 17.4 Å². The number of nitrogens with one attached hydrogen (secondary N) is 1. The van der Waals surface area contributed by atoms with Gasteiger partial charge in [0, 0.05) is 16.9 Å². The molecule has 0 amide bonds. The average Bonchev–Trinajstić information content (AvgIpc) is 3.30. The van der Waals surface area contributed by atoms with Crippen LogP contribution in [0, 0.1) is 0 Å². The maximum absolute atomic E-state index is 12.3. The monoisotopic (exact) mass is 462 g/mol. The molecule has 0 saturated carbocycles. The molecule has 158 valence electrons. The van der Waals surface area contributed by atoms with Crippen LogP contribution < -0.4 is 21.5 Å². The number of hydrogen-bond donors (Lipinski definition) is 1. The molecule has 0 aliphatic carbocycles. The first-order chi connectivity index (χ1) is 16.3. The molecule has 0 spiro atoms. The van der Waals surface area contributed by atoms with Crippen molar-refractivity contribution in [2.45, 2.75) is 0 Å². The highest BCUT2D eigenvalue weighted by atomic mass is 32.1. The molecule has 1 N–H and O–H groups in total. The molecule has 2 aromatic heterocycles. The predicted molar refractivity (Wildman–Crippen MR) is 142 cm³/mol. The summed E-state index contributed by atoms with van der Waals surface area (Å²) in [5.41, 5.74) is 2.98. The molecule has 1 atom stereocenters. The SMILES string of the molecule is O=c1ccc2cccc(P(c3ccccc3)c3ccccc3-c3nc4ccccc4s3)c2[nH]1. The minimum atomic E-state index is -0.935. The van der Waals surface area contributed by atoms with Crippen molar-refractivity contribution in [1.29, 1.82) is 0 Å². The second-order valence-corrected chi connectivity index (χ2v) is 10.9. The molecular formula is C28H19N2OPS. The second kappa shape index (κ2) is 8.40. The van der Waals surface area contributed by atoms with Crippen molar-refractivity contribution in [3.05, 3.63) is 120 Å². The highest BCUT2D eigenvalue weighted by Gasteiger charge is 2.23. The number of para-hydroxylation sites is 2. The first-order valence-electron chi connectivity index (χ1n) is 10.7. The fourth-order valence-corrected chi connectivity index (χ4v) is 7.84. The van der Waals surface area contributed by atoms with Gasteiger partial charge in [-0.3, -0.25) is 4.79 Å². The summed E-state index contributed by atoms with van der Waals surface area (Å²) in [6.07, 6.45) is 0. The van der Waals surface area contributed by atoms with Crippen molar-refractivity contribution < 1.29 is 0 Å². The van der Waals surface area contributed by atoms with Crippen molar-refractivity contribution in [2.75, 3.05) is 0 Å². The summed E-state index contributed by atoms with van der Waals surface area (Å²) in [6.45, 7) is 0. The molecule has 0 aliphatic rings. The molecule has 6 rings (SSSR count). The van der Waals surface area contributed by atoms with Gasteiger partial charge in [-0.05, 0) is 42.1 Å². The zero-order chi connectivity index (χ0) is 22.2. The summed E-state index contributed by atoms with van der Waals surface area (Å²) >= 11 is 1.72. The predicted octanol–water partition coefficient (Wildman–Crippen LogP) is 5.56. The lowest BCUT2D eigenvalue weighted by atomic mass is 10.2. The molecule has 5 heteroatoms.